The van der Waals surface area contributed by atoms with Crippen molar-refractivity contribution >= 4 is 38.2 Å². The number of nitrogens with one attached hydrogen (secondary N) is 1. The number of rotatable bonds is 9. The molecule has 0 aliphatic rings. The number of amides is 1. The lowest BCUT2D eigenvalue weighted by molar-refractivity contribution is -0.116. The number of anilines is 1. The Kier molecular flexibility index (Phi) is 7.76. The number of benzene rings is 2. The zero-order chi connectivity index (χ0) is 23.1. The van der Waals surface area contributed by atoms with Crippen molar-refractivity contribution in [3.63, 3.8) is 0 Å². The van der Waals surface area contributed by atoms with E-state index >= 15 is 0 Å². The Balaban J connectivity index is 1.66. The quantitative estimate of drug-likeness (QED) is 0.461. The minimum absolute atomic E-state index is 0.0140. The van der Waals surface area contributed by atoms with Crippen LogP contribution in [0.2, 0.25) is 0 Å². The van der Waals surface area contributed by atoms with Crippen LogP contribution in [-0.2, 0) is 19.4 Å². The summed E-state index contributed by atoms with van der Waals surface area (Å²) in [5.41, 5.74) is 2.15. The van der Waals surface area contributed by atoms with E-state index in [1.54, 1.807) is 31.2 Å². The molecular formula is C23H24N2O5S2. The summed E-state index contributed by atoms with van der Waals surface area (Å²) in [5.74, 6) is -1.01. The van der Waals surface area contributed by atoms with Crippen LogP contribution in [0, 0.1) is 6.92 Å². The average Bonchev–Trinajstić information content (AvgIpc) is 3.18. The lowest BCUT2D eigenvalue weighted by Gasteiger charge is -2.05. The van der Waals surface area contributed by atoms with Gasteiger partial charge in [0.1, 0.15) is 4.88 Å². The number of esters is 1. The monoisotopic (exact) mass is 472 g/mol. The van der Waals surface area contributed by atoms with Crippen molar-refractivity contribution < 1.29 is 22.7 Å². The second kappa shape index (κ2) is 10.5. The van der Waals surface area contributed by atoms with Gasteiger partial charge in [-0.25, -0.2) is 18.2 Å². The minimum atomic E-state index is -3.46. The average molecular weight is 473 g/mol. The number of hydrogen-bond donors (Lipinski definition) is 1. The lowest BCUT2D eigenvalue weighted by atomic mass is 10.1. The van der Waals surface area contributed by atoms with Crippen molar-refractivity contribution in [1.82, 2.24) is 4.98 Å². The molecule has 1 N–H and O–H groups in total. The molecule has 0 aliphatic heterocycles. The Hall–Kier alpha value is -3.04. The first-order valence-electron chi connectivity index (χ1n) is 10.1. The predicted molar refractivity (Wildman–Crippen MR) is 125 cm³/mol. The molecule has 0 saturated carbocycles. The molecule has 0 unspecified atom stereocenters. The van der Waals surface area contributed by atoms with Crippen molar-refractivity contribution in [1.29, 1.82) is 0 Å². The standard InChI is InChI=1S/C23H24N2O5S2/c1-3-30-22(27)21-20(17-8-5-4-6-9-17)25-23(31-21)24-19(26)10-7-15-32(28,29)18-13-11-16(2)12-14-18/h4-6,8-9,11-14H,3,7,10,15H2,1-2H3,(H,24,25,26). The van der Waals surface area contributed by atoms with Gasteiger partial charge >= 0.3 is 5.97 Å². The van der Waals surface area contributed by atoms with Crippen LogP contribution in [0.25, 0.3) is 11.3 Å². The second-order valence-electron chi connectivity index (χ2n) is 7.07. The van der Waals surface area contributed by atoms with E-state index in [0.717, 1.165) is 22.5 Å². The molecule has 1 aromatic heterocycles. The highest BCUT2D eigenvalue weighted by molar-refractivity contribution is 7.91. The summed E-state index contributed by atoms with van der Waals surface area (Å²) in [6, 6.07) is 15.8. The molecule has 1 heterocycles. The van der Waals surface area contributed by atoms with Gasteiger partial charge in [-0.1, -0.05) is 59.4 Å². The highest BCUT2D eigenvalue weighted by Gasteiger charge is 2.22. The van der Waals surface area contributed by atoms with Crippen molar-refractivity contribution in [3.05, 3.63) is 65.0 Å². The molecule has 0 bridgehead atoms. The van der Waals surface area contributed by atoms with Gasteiger partial charge in [-0.3, -0.25) is 4.79 Å². The van der Waals surface area contributed by atoms with Gasteiger partial charge in [-0.15, -0.1) is 0 Å². The zero-order valence-electron chi connectivity index (χ0n) is 17.8. The number of hydrogen-bond acceptors (Lipinski definition) is 7. The Morgan fingerprint density at radius 2 is 1.75 bits per heavy atom. The summed E-state index contributed by atoms with van der Waals surface area (Å²) in [7, 11) is -3.46. The molecule has 0 radical (unpaired) electrons. The van der Waals surface area contributed by atoms with E-state index in [9.17, 15) is 18.0 Å². The number of aryl methyl sites for hydroxylation is 1. The topological polar surface area (TPSA) is 102 Å². The summed E-state index contributed by atoms with van der Waals surface area (Å²) in [4.78, 5) is 29.7. The van der Waals surface area contributed by atoms with Crippen LogP contribution in [0.4, 0.5) is 5.13 Å². The number of carbonyl (C=O) groups is 2. The zero-order valence-corrected chi connectivity index (χ0v) is 19.5. The summed E-state index contributed by atoms with van der Waals surface area (Å²) in [6.45, 7) is 3.83. The SMILES string of the molecule is CCOC(=O)c1sc(NC(=O)CCCS(=O)(=O)c2ccc(C)cc2)nc1-c1ccccc1. The summed E-state index contributed by atoms with van der Waals surface area (Å²) >= 11 is 1.03. The number of aromatic nitrogens is 1. The molecule has 3 rings (SSSR count). The van der Waals surface area contributed by atoms with E-state index in [-0.39, 0.29) is 41.1 Å². The fourth-order valence-electron chi connectivity index (χ4n) is 2.97. The number of thiazole rings is 1. The van der Waals surface area contributed by atoms with Crippen LogP contribution in [-0.4, -0.2) is 37.6 Å². The molecule has 9 heteroatoms. The molecular weight excluding hydrogens is 448 g/mol. The van der Waals surface area contributed by atoms with Crippen molar-refractivity contribution in [3.8, 4) is 11.3 Å². The van der Waals surface area contributed by atoms with Gasteiger partial charge in [0.2, 0.25) is 5.91 Å². The fourth-order valence-corrected chi connectivity index (χ4v) is 5.18. The van der Waals surface area contributed by atoms with Crippen molar-refractivity contribution in [2.75, 3.05) is 17.7 Å². The number of ether oxygens (including phenoxy) is 1. The molecule has 168 valence electrons. The van der Waals surface area contributed by atoms with E-state index in [2.05, 4.69) is 10.3 Å². The van der Waals surface area contributed by atoms with Crippen molar-refractivity contribution in [2.45, 2.75) is 31.6 Å². The first-order valence-corrected chi connectivity index (χ1v) is 12.6. The second-order valence-corrected chi connectivity index (χ2v) is 10.2. The molecule has 2 aromatic carbocycles. The van der Waals surface area contributed by atoms with Crippen LogP contribution in [0.3, 0.4) is 0 Å². The molecule has 7 nitrogen and oxygen atoms in total. The summed E-state index contributed by atoms with van der Waals surface area (Å²) < 4.78 is 30.0. The fraction of sp³-hybridized carbons (Fsp3) is 0.261. The Morgan fingerprint density at radius 3 is 2.41 bits per heavy atom. The van der Waals surface area contributed by atoms with Crippen LogP contribution < -0.4 is 5.32 Å². The highest BCUT2D eigenvalue weighted by Crippen LogP contribution is 2.32. The number of nitrogens with zero attached hydrogens (tertiary/aromatic N) is 1. The molecule has 32 heavy (non-hydrogen) atoms. The van der Waals surface area contributed by atoms with Crippen LogP contribution in [0.5, 0.6) is 0 Å². The maximum Gasteiger partial charge on any atom is 0.350 e. The van der Waals surface area contributed by atoms with Crippen molar-refractivity contribution in [2.24, 2.45) is 0 Å². The minimum Gasteiger partial charge on any atom is -0.462 e. The largest absolute Gasteiger partial charge is 0.462 e. The summed E-state index contributed by atoms with van der Waals surface area (Å²) in [5, 5.41) is 2.93. The molecule has 0 atom stereocenters. The van der Waals surface area contributed by atoms with Gasteiger partial charge in [-0.2, -0.15) is 0 Å². The Morgan fingerprint density at radius 1 is 1.06 bits per heavy atom. The first kappa shape index (κ1) is 23.6. The van der Waals surface area contributed by atoms with E-state index in [1.165, 1.54) is 0 Å². The van der Waals surface area contributed by atoms with E-state index in [1.807, 2.05) is 37.3 Å². The highest BCUT2D eigenvalue weighted by atomic mass is 32.2. The van der Waals surface area contributed by atoms with Gasteiger partial charge in [-0.05, 0) is 32.4 Å². The third-order valence-corrected chi connectivity index (χ3v) is 7.35. The predicted octanol–water partition coefficient (Wildman–Crippen LogP) is 4.49. The number of sulfone groups is 1. The van der Waals surface area contributed by atoms with Crippen LogP contribution >= 0.6 is 11.3 Å². The van der Waals surface area contributed by atoms with E-state index in [4.69, 9.17) is 4.74 Å². The molecule has 0 spiro atoms. The number of carbonyl (C=O) groups excluding carboxylic acids is 2. The smallest absolute Gasteiger partial charge is 0.350 e. The first-order chi connectivity index (χ1) is 15.3. The molecule has 0 aliphatic carbocycles. The molecule has 3 aromatic rings. The van der Waals surface area contributed by atoms with E-state index < -0.39 is 15.8 Å². The van der Waals surface area contributed by atoms with Gasteiger partial charge in [0.05, 0.1) is 22.9 Å². The maximum atomic E-state index is 12.4. The van der Waals surface area contributed by atoms with E-state index in [0.29, 0.717) is 10.6 Å². The third kappa shape index (κ3) is 6.02. The maximum absolute atomic E-state index is 12.4. The van der Waals surface area contributed by atoms with Gasteiger partial charge in [0, 0.05) is 12.0 Å². The third-order valence-electron chi connectivity index (χ3n) is 4.58. The molecule has 0 fully saturated rings. The summed E-state index contributed by atoms with van der Waals surface area (Å²) in [6.07, 6.45) is 0.184. The van der Waals surface area contributed by atoms with Gasteiger partial charge < -0.3 is 10.1 Å². The van der Waals surface area contributed by atoms with Crippen LogP contribution in [0.1, 0.15) is 35.0 Å². The lowest BCUT2D eigenvalue weighted by Crippen LogP contribution is -2.14. The molecule has 1 amide bonds. The van der Waals surface area contributed by atoms with Gasteiger partial charge in [0.25, 0.3) is 0 Å². The normalized spacial score (nSPS) is 11.2. The Labute approximate surface area is 191 Å². The van der Waals surface area contributed by atoms with Gasteiger partial charge in [0.15, 0.2) is 15.0 Å². The molecule has 0 saturated heterocycles. The van der Waals surface area contributed by atoms with Crippen LogP contribution in [0.15, 0.2) is 59.5 Å². The Bertz CT molecular complexity index is 1190.